The molecular weight excluding hydrogens is 366 g/mol. The molecule has 1 aromatic heterocycles. The van der Waals surface area contributed by atoms with E-state index in [1.807, 2.05) is 0 Å². The molecule has 0 spiro atoms. The van der Waals surface area contributed by atoms with E-state index >= 15 is 0 Å². The number of carbonyl (C=O) groups is 2. The molecule has 1 aromatic carbocycles. The predicted molar refractivity (Wildman–Crippen MR) is 88.5 cm³/mol. The minimum Gasteiger partial charge on any atom is -0.496 e. The van der Waals surface area contributed by atoms with Crippen LogP contribution in [0.5, 0.6) is 5.75 Å². The van der Waals surface area contributed by atoms with Crippen molar-refractivity contribution in [2.75, 3.05) is 12.4 Å². The van der Waals surface area contributed by atoms with E-state index in [1.165, 1.54) is 26.2 Å². The highest BCUT2D eigenvalue weighted by atomic mass is 16.7. The largest absolute Gasteiger partial charge is 0.496 e. The lowest BCUT2D eigenvalue weighted by Crippen LogP contribution is -2.30. The number of carbonyl (C=O) groups excluding carboxylic acids is 2. The van der Waals surface area contributed by atoms with E-state index in [1.54, 1.807) is 0 Å². The number of benzene rings is 1. The van der Waals surface area contributed by atoms with E-state index in [0.717, 1.165) is 18.2 Å². The van der Waals surface area contributed by atoms with Crippen LogP contribution >= 0.6 is 0 Å². The number of nitrogens with zero attached hydrogens (tertiary/aromatic N) is 2. The second kappa shape index (κ2) is 7.95. The highest BCUT2D eigenvalue weighted by molar-refractivity contribution is 5.98. The van der Waals surface area contributed by atoms with Crippen LogP contribution in [0.15, 0.2) is 34.7 Å². The molecular formula is C15H13N3O9. The van der Waals surface area contributed by atoms with Crippen LogP contribution in [0.3, 0.4) is 0 Å². The standard InChI is InChI=1S/C15H13N3O9/c1-8(26-15(20)12-5-6-13(27-12)18(23)24)14(19)16-10-4-3-9(25-2)7-11(10)17(21)22/h3-8H,1-2H3,(H,16,19). The second-order valence-corrected chi connectivity index (χ2v) is 5.07. The molecule has 142 valence electrons. The SMILES string of the molecule is COc1ccc(NC(=O)C(C)OC(=O)c2ccc([N+](=O)[O-])o2)c([N+](=O)[O-])c1. The molecule has 12 nitrogen and oxygen atoms in total. The lowest BCUT2D eigenvalue weighted by molar-refractivity contribution is -0.402. The van der Waals surface area contributed by atoms with Gasteiger partial charge < -0.3 is 19.2 Å². The molecule has 0 aliphatic carbocycles. The molecule has 0 bridgehead atoms. The van der Waals surface area contributed by atoms with Gasteiger partial charge in [-0.15, -0.1) is 0 Å². The minimum atomic E-state index is -1.36. The summed E-state index contributed by atoms with van der Waals surface area (Å²) in [5.74, 6) is -2.85. The number of furan rings is 1. The Morgan fingerprint density at radius 2 is 1.85 bits per heavy atom. The fourth-order valence-corrected chi connectivity index (χ4v) is 1.94. The van der Waals surface area contributed by atoms with Crippen LogP contribution in [0, 0.1) is 20.2 Å². The lowest BCUT2D eigenvalue weighted by Gasteiger charge is -2.13. The second-order valence-electron chi connectivity index (χ2n) is 5.07. The minimum absolute atomic E-state index is 0.123. The van der Waals surface area contributed by atoms with Gasteiger partial charge in [0.15, 0.2) is 6.10 Å². The molecule has 0 radical (unpaired) electrons. The van der Waals surface area contributed by atoms with Crippen molar-refractivity contribution in [2.24, 2.45) is 0 Å². The first-order valence-electron chi connectivity index (χ1n) is 7.31. The number of anilines is 1. The predicted octanol–water partition coefficient (Wildman–Crippen LogP) is 2.29. The summed E-state index contributed by atoms with van der Waals surface area (Å²) in [6.45, 7) is 1.22. The summed E-state index contributed by atoms with van der Waals surface area (Å²) in [5.41, 5.74) is -0.537. The Morgan fingerprint density at radius 1 is 1.15 bits per heavy atom. The zero-order valence-corrected chi connectivity index (χ0v) is 14.0. The van der Waals surface area contributed by atoms with Crippen LogP contribution in [0.4, 0.5) is 17.3 Å². The van der Waals surface area contributed by atoms with Crippen molar-refractivity contribution in [1.82, 2.24) is 0 Å². The van der Waals surface area contributed by atoms with Gasteiger partial charge >= 0.3 is 11.9 Å². The number of nitrogens with one attached hydrogen (secondary N) is 1. The van der Waals surface area contributed by atoms with Crippen LogP contribution in [-0.4, -0.2) is 34.9 Å². The molecule has 12 heteroatoms. The maximum atomic E-state index is 12.1. The first-order valence-corrected chi connectivity index (χ1v) is 7.31. The summed E-state index contributed by atoms with van der Waals surface area (Å²) >= 11 is 0. The van der Waals surface area contributed by atoms with Crippen molar-refractivity contribution < 1.29 is 33.3 Å². The summed E-state index contributed by atoms with van der Waals surface area (Å²) in [6.07, 6.45) is -1.36. The third-order valence-electron chi connectivity index (χ3n) is 3.29. The molecule has 1 atom stereocenters. The van der Waals surface area contributed by atoms with Gasteiger partial charge in [-0.05, 0) is 25.1 Å². The zero-order valence-electron chi connectivity index (χ0n) is 14.0. The van der Waals surface area contributed by atoms with E-state index < -0.39 is 45.2 Å². The van der Waals surface area contributed by atoms with Crippen molar-refractivity contribution in [3.63, 3.8) is 0 Å². The van der Waals surface area contributed by atoms with Crippen LogP contribution in [-0.2, 0) is 9.53 Å². The molecule has 1 amide bonds. The van der Waals surface area contributed by atoms with Crippen molar-refractivity contribution in [2.45, 2.75) is 13.0 Å². The van der Waals surface area contributed by atoms with Gasteiger partial charge in [0.2, 0.25) is 5.76 Å². The number of hydrogen-bond donors (Lipinski definition) is 1. The number of hydrogen-bond acceptors (Lipinski definition) is 9. The average Bonchev–Trinajstić information content (AvgIpc) is 3.12. The molecule has 2 aromatic rings. The Balaban J connectivity index is 2.08. The van der Waals surface area contributed by atoms with E-state index in [9.17, 15) is 29.8 Å². The fourth-order valence-electron chi connectivity index (χ4n) is 1.94. The number of esters is 1. The molecule has 27 heavy (non-hydrogen) atoms. The number of nitro benzene ring substituents is 1. The van der Waals surface area contributed by atoms with Gasteiger partial charge in [-0.1, -0.05) is 0 Å². The maximum absolute atomic E-state index is 12.1. The molecule has 0 saturated carbocycles. The highest BCUT2D eigenvalue weighted by Gasteiger charge is 2.25. The van der Waals surface area contributed by atoms with Gasteiger partial charge in [0.25, 0.3) is 11.6 Å². The fraction of sp³-hybridized carbons (Fsp3) is 0.200. The van der Waals surface area contributed by atoms with E-state index in [-0.39, 0.29) is 11.4 Å². The molecule has 1 heterocycles. The van der Waals surface area contributed by atoms with Crippen molar-refractivity contribution in [3.05, 3.63) is 56.3 Å². The Morgan fingerprint density at radius 3 is 2.41 bits per heavy atom. The van der Waals surface area contributed by atoms with E-state index in [0.29, 0.717) is 0 Å². The summed E-state index contributed by atoms with van der Waals surface area (Å²) in [4.78, 5) is 44.1. The van der Waals surface area contributed by atoms with Gasteiger partial charge in [-0.3, -0.25) is 25.0 Å². The molecule has 0 saturated heterocycles. The van der Waals surface area contributed by atoms with Crippen molar-refractivity contribution in [3.8, 4) is 5.75 Å². The first-order chi connectivity index (χ1) is 12.7. The van der Waals surface area contributed by atoms with Crippen LogP contribution in [0.1, 0.15) is 17.5 Å². The number of ether oxygens (including phenoxy) is 2. The average molecular weight is 379 g/mol. The van der Waals surface area contributed by atoms with E-state index in [4.69, 9.17) is 9.47 Å². The summed E-state index contributed by atoms with van der Waals surface area (Å²) in [7, 11) is 1.33. The smallest absolute Gasteiger partial charge is 0.433 e. The molecule has 1 unspecified atom stereocenters. The number of rotatable bonds is 7. The Kier molecular flexibility index (Phi) is 5.70. The number of nitro groups is 2. The normalized spacial score (nSPS) is 11.3. The van der Waals surface area contributed by atoms with Gasteiger partial charge in [0.05, 0.1) is 24.2 Å². The molecule has 2 rings (SSSR count). The molecule has 0 fully saturated rings. The molecule has 0 aliphatic rings. The summed E-state index contributed by atoms with van der Waals surface area (Å²) in [6, 6.07) is 5.77. The lowest BCUT2D eigenvalue weighted by atomic mass is 10.2. The summed E-state index contributed by atoms with van der Waals surface area (Å²) in [5, 5.41) is 23.9. The van der Waals surface area contributed by atoms with Crippen LogP contribution in [0.2, 0.25) is 0 Å². The summed E-state index contributed by atoms with van der Waals surface area (Å²) < 4.78 is 14.4. The van der Waals surface area contributed by atoms with Crippen LogP contribution < -0.4 is 10.1 Å². The van der Waals surface area contributed by atoms with Crippen molar-refractivity contribution in [1.29, 1.82) is 0 Å². The third-order valence-corrected chi connectivity index (χ3v) is 3.29. The zero-order chi connectivity index (χ0) is 20.1. The monoisotopic (exact) mass is 379 g/mol. The van der Waals surface area contributed by atoms with Gasteiger partial charge in [0, 0.05) is 0 Å². The van der Waals surface area contributed by atoms with E-state index in [2.05, 4.69) is 9.73 Å². The van der Waals surface area contributed by atoms with Crippen molar-refractivity contribution >= 4 is 29.1 Å². The maximum Gasteiger partial charge on any atom is 0.433 e. The first kappa shape index (κ1) is 19.4. The third kappa shape index (κ3) is 4.56. The Bertz CT molecular complexity index is 906. The Hall–Kier alpha value is -3.96. The molecule has 1 N–H and O–H groups in total. The van der Waals surface area contributed by atoms with Gasteiger partial charge in [-0.25, -0.2) is 4.79 Å². The Labute approximate surface area is 151 Å². The number of methoxy groups -OCH3 is 1. The molecule has 0 aliphatic heterocycles. The number of amides is 1. The van der Waals surface area contributed by atoms with Crippen LogP contribution in [0.25, 0.3) is 0 Å². The topological polar surface area (TPSA) is 164 Å². The quantitative estimate of drug-likeness (QED) is 0.431. The van der Waals surface area contributed by atoms with Gasteiger partial charge in [-0.2, -0.15) is 0 Å². The van der Waals surface area contributed by atoms with Gasteiger partial charge in [0.1, 0.15) is 16.4 Å². The highest BCUT2D eigenvalue weighted by Crippen LogP contribution is 2.29.